The average molecular weight is 320 g/mol. The summed E-state index contributed by atoms with van der Waals surface area (Å²) in [5.74, 6) is 0.490. The highest BCUT2D eigenvalue weighted by atomic mass is 32.2. The Hall–Kier alpha value is -0.170. The van der Waals surface area contributed by atoms with Crippen LogP contribution in [-0.4, -0.2) is 44.9 Å². The van der Waals surface area contributed by atoms with Crippen molar-refractivity contribution in [3.8, 4) is 0 Å². The summed E-state index contributed by atoms with van der Waals surface area (Å²) in [5, 5.41) is 3.31. The average Bonchev–Trinajstić information content (AvgIpc) is 2.43. The summed E-state index contributed by atoms with van der Waals surface area (Å²) in [5.41, 5.74) is 0. The minimum absolute atomic E-state index is 0.116. The zero-order chi connectivity index (χ0) is 15.9. The Bertz CT molecular complexity index is 384. The van der Waals surface area contributed by atoms with E-state index < -0.39 is 10.2 Å². The maximum Gasteiger partial charge on any atom is 0.279 e. The molecule has 0 spiro atoms. The molecule has 0 saturated heterocycles. The second-order valence-electron chi connectivity index (χ2n) is 6.47. The van der Waals surface area contributed by atoms with Gasteiger partial charge in [0.1, 0.15) is 0 Å². The van der Waals surface area contributed by atoms with Gasteiger partial charge in [-0.2, -0.15) is 17.4 Å². The van der Waals surface area contributed by atoms with Gasteiger partial charge in [-0.15, -0.1) is 0 Å². The smallest absolute Gasteiger partial charge is 0.279 e. The van der Waals surface area contributed by atoms with Crippen molar-refractivity contribution < 1.29 is 8.42 Å². The van der Waals surface area contributed by atoms with E-state index in [1.807, 2.05) is 0 Å². The molecular weight excluding hydrogens is 286 g/mol. The molecule has 6 heteroatoms. The largest absolute Gasteiger partial charge is 0.314 e. The molecule has 2 unspecified atom stereocenters. The predicted molar refractivity (Wildman–Crippen MR) is 88.5 cm³/mol. The molecule has 1 fully saturated rings. The van der Waals surface area contributed by atoms with Crippen molar-refractivity contribution in [2.75, 3.05) is 20.1 Å². The summed E-state index contributed by atoms with van der Waals surface area (Å²) in [4.78, 5) is 0. The van der Waals surface area contributed by atoms with Crippen molar-refractivity contribution in [2.45, 2.75) is 71.4 Å². The first kappa shape index (κ1) is 18.9. The van der Waals surface area contributed by atoms with Crippen molar-refractivity contribution in [1.82, 2.24) is 14.3 Å². The lowest BCUT2D eigenvalue weighted by molar-refractivity contribution is 0.277. The van der Waals surface area contributed by atoms with Crippen LogP contribution >= 0.6 is 0 Å². The monoisotopic (exact) mass is 319 g/mol. The van der Waals surface area contributed by atoms with Gasteiger partial charge in [0.2, 0.25) is 0 Å². The molecule has 0 radical (unpaired) electrons. The molecule has 0 aromatic carbocycles. The summed E-state index contributed by atoms with van der Waals surface area (Å²) in [6.07, 6.45) is 6.36. The standard InChI is InChI=1S/C15H33N3O2S/c1-5-14-9-6-7-10-15(14)17-21(19,20)18(4)12-8-11-16-13(2)3/h13-17H,5-12H2,1-4H3. The Kier molecular flexibility index (Phi) is 8.16. The highest BCUT2D eigenvalue weighted by Crippen LogP contribution is 2.27. The molecule has 1 aliphatic rings. The molecule has 0 amide bonds. The van der Waals surface area contributed by atoms with E-state index in [0.29, 0.717) is 18.5 Å². The molecule has 21 heavy (non-hydrogen) atoms. The van der Waals surface area contributed by atoms with E-state index in [0.717, 1.165) is 38.6 Å². The normalized spacial score (nSPS) is 23.9. The summed E-state index contributed by atoms with van der Waals surface area (Å²) >= 11 is 0. The summed E-state index contributed by atoms with van der Waals surface area (Å²) in [6, 6.07) is 0.558. The van der Waals surface area contributed by atoms with Gasteiger partial charge in [0.25, 0.3) is 10.2 Å². The minimum Gasteiger partial charge on any atom is -0.314 e. The van der Waals surface area contributed by atoms with Gasteiger partial charge in [-0.3, -0.25) is 0 Å². The van der Waals surface area contributed by atoms with Crippen LogP contribution in [0.5, 0.6) is 0 Å². The molecule has 126 valence electrons. The fourth-order valence-corrected chi connectivity index (χ4v) is 4.19. The maximum absolute atomic E-state index is 12.4. The molecule has 1 saturated carbocycles. The fraction of sp³-hybridized carbons (Fsp3) is 1.00. The number of hydrogen-bond donors (Lipinski definition) is 2. The Morgan fingerprint density at radius 2 is 1.90 bits per heavy atom. The van der Waals surface area contributed by atoms with E-state index >= 15 is 0 Å². The first-order valence-electron chi connectivity index (χ1n) is 8.33. The van der Waals surface area contributed by atoms with E-state index in [4.69, 9.17) is 0 Å². The number of nitrogens with zero attached hydrogens (tertiary/aromatic N) is 1. The maximum atomic E-state index is 12.4. The van der Waals surface area contributed by atoms with Crippen LogP contribution in [0.3, 0.4) is 0 Å². The predicted octanol–water partition coefficient (Wildman–Crippen LogP) is 2.11. The van der Waals surface area contributed by atoms with Crippen LogP contribution in [0.4, 0.5) is 0 Å². The Balaban J connectivity index is 2.43. The van der Waals surface area contributed by atoms with Gasteiger partial charge in [0.15, 0.2) is 0 Å². The van der Waals surface area contributed by atoms with Crippen molar-refractivity contribution in [2.24, 2.45) is 5.92 Å². The van der Waals surface area contributed by atoms with Crippen LogP contribution in [0.15, 0.2) is 0 Å². The highest BCUT2D eigenvalue weighted by Gasteiger charge is 2.29. The summed E-state index contributed by atoms with van der Waals surface area (Å²) in [6.45, 7) is 7.74. The van der Waals surface area contributed by atoms with Gasteiger partial charge in [-0.1, -0.05) is 40.0 Å². The third-order valence-electron chi connectivity index (χ3n) is 4.35. The van der Waals surface area contributed by atoms with Crippen LogP contribution in [0.1, 0.15) is 59.3 Å². The molecule has 1 aliphatic carbocycles. The molecule has 0 heterocycles. The second-order valence-corrected chi connectivity index (χ2v) is 8.28. The highest BCUT2D eigenvalue weighted by molar-refractivity contribution is 7.87. The van der Waals surface area contributed by atoms with Crippen molar-refractivity contribution in [3.05, 3.63) is 0 Å². The van der Waals surface area contributed by atoms with Crippen LogP contribution < -0.4 is 10.0 Å². The van der Waals surface area contributed by atoms with Gasteiger partial charge >= 0.3 is 0 Å². The lowest BCUT2D eigenvalue weighted by atomic mass is 9.83. The van der Waals surface area contributed by atoms with E-state index in [9.17, 15) is 8.42 Å². The van der Waals surface area contributed by atoms with Crippen molar-refractivity contribution in [3.63, 3.8) is 0 Å². The third-order valence-corrected chi connectivity index (χ3v) is 5.95. The zero-order valence-corrected chi connectivity index (χ0v) is 14.9. The Morgan fingerprint density at radius 1 is 1.24 bits per heavy atom. The number of nitrogens with one attached hydrogen (secondary N) is 2. The van der Waals surface area contributed by atoms with Gasteiger partial charge < -0.3 is 5.32 Å². The Morgan fingerprint density at radius 3 is 2.52 bits per heavy atom. The summed E-state index contributed by atoms with van der Waals surface area (Å²) < 4.78 is 29.1. The minimum atomic E-state index is -3.35. The zero-order valence-electron chi connectivity index (χ0n) is 14.1. The molecule has 0 bridgehead atoms. The van der Waals surface area contributed by atoms with Gasteiger partial charge in [-0.25, -0.2) is 0 Å². The molecule has 0 aromatic heterocycles. The van der Waals surface area contributed by atoms with Gasteiger partial charge in [-0.05, 0) is 31.7 Å². The topological polar surface area (TPSA) is 61.4 Å². The molecule has 5 nitrogen and oxygen atoms in total. The first-order chi connectivity index (χ1) is 9.86. The third kappa shape index (κ3) is 6.63. The van der Waals surface area contributed by atoms with Crippen molar-refractivity contribution in [1.29, 1.82) is 0 Å². The SMILES string of the molecule is CCC1CCCCC1NS(=O)(=O)N(C)CCCNC(C)C. The molecule has 0 aromatic rings. The second kappa shape index (κ2) is 9.08. The quantitative estimate of drug-likeness (QED) is 0.640. The van der Waals surface area contributed by atoms with E-state index in [-0.39, 0.29) is 6.04 Å². The van der Waals surface area contributed by atoms with E-state index in [1.54, 1.807) is 7.05 Å². The summed E-state index contributed by atoms with van der Waals surface area (Å²) in [7, 11) is -1.68. The van der Waals surface area contributed by atoms with Crippen molar-refractivity contribution >= 4 is 10.2 Å². The van der Waals surface area contributed by atoms with Gasteiger partial charge in [0, 0.05) is 25.7 Å². The lowest BCUT2D eigenvalue weighted by Crippen LogP contribution is -2.48. The fourth-order valence-electron chi connectivity index (χ4n) is 2.95. The van der Waals surface area contributed by atoms with Crippen LogP contribution in [0.2, 0.25) is 0 Å². The van der Waals surface area contributed by atoms with Crippen LogP contribution in [0, 0.1) is 5.92 Å². The molecule has 1 rings (SSSR count). The van der Waals surface area contributed by atoms with E-state index in [2.05, 4.69) is 30.8 Å². The molecule has 2 atom stereocenters. The van der Waals surface area contributed by atoms with Crippen LogP contribution in [0.25, 0.3) is 0 Å². The van der Waals surface area contributed by atoms with Gasteiger partial charge in [0.05, 0.1) is 0 Å². The molecule has 2 N–H and O–H groups in total. The molecule has 0 aliphatic heterocycles. The number of rotatable bonds is 9. The lowest BCUT2D eigenvalue weighted by Gasteiger charge is -2.32. The first-order valence-corrected chi connectivity index (χ1v) is 9.77. The number of hydrogen-bond acceptors (Lipinski definition) is 3. The van der Waals surface area contributed by atoms with Crippen LogP contribution in [-0.2, 0) is 10.2 Å². The van der Waals surface area contributed by atoms with E-state index in [1.165, 1.54) is 10.7 Å². The Labute approximate surface area is 131 Å². The molecular formula is C15H33N3O2S.